The molecule has 0 aliphatic carbocycles. The van der Waals surface area contributed by atoms with Crippen molar-refractivity contribution in [1.82, 2.24) is 5.32 Å². The quantitative estimate of drug-likeness (QED) is 0.371. The van der Waals surface area contributed by atoms with Crippen molar-refractivity contribution in [3.8, 4) is 0 Å². The van der Waals surface area contributed by atoms with E-state index in [-0.39, 0.29) is 43.2 Å². The average molecular weight is 392 g/mol. The molecule has 2 aliphatic heterocycles. The summed E-state index contributed by atoms with van der Waals surface area (Å²) in [5.74, 6) is -0.0348. The zero-order chi connectivity index (χ0) is 20.4. The van der Waals surface area contributed by atoms with Gasteiger partial charge in [0.25, 0.3) is 0 Å². The molecule has 0 radical (unpaired) electrons. The summed E-state index contributed by atoms with van der Waals surface area (Å²) in [6.45, 7) is 2.47. The minimum atomic E-state index is -0.755. The van der Waals surface area contributed by atoms with Crippen molar-refractivity contribution in [2.24, 2.45) is 11.8 Å². The van der Waals surface area contributed by atoms with E-state index in [2.05, 4.69) is 17.5 Å². The maximum Gasteiger partial charge on any atom is 0.303 e. The van der Waals surface area contributed by atoms with E-state index in [1.807, 2.05) is 19.1 Å². The number of Topliss-reactive ketones (excluding diaryl/α,β-unsaturated/α-hetero) is 1. The van der Waals surface area contributed by atoms with Gasteiger partial charge in [-0.05, 0) is 44.9 Å². The number of aliphatic carboxylic acids is 1. The minimum absolute atomic E-state index is 0.0698. The second kappa shape index (κ2) is 11.8. The van der Waals surface area contributed by atoms with Crippen molar-refractivity contribution in [1.29, 1.82) is 0 Å². The van der Waals surface area contributed by atoms with Gasteiger partial charge in [-0.1, -0.05) is 24.3 Å². The van der Waals surface area contributed by atoms with Gasteiger partial charge in [-0.3, -0.25) is 14.4 Å². The fraction of sp³-hybridized carbons (Fsp3) is 0.682. The molecule has 0 aromatic rings. The normalized spacial score (nSPS) is 26.3. The first kappa shape index (κ1) is 22.3. The van der Waals surface area contributed by atoms with E-state index in [9.17, 15) is 14.4 Å². The molecule has 0 aromatic heterocycles. The second-order valence-electron chi connectivity index (χ2n) is 7.73. The van der Waals surface area contributed by atoms with Crippen LogP contribution in [0.25, 0.3) is 0 Å². The number of carboxylic acid groups (broad SMARTS) is 1. The molecule has 2 aliphatic rings. The lowest BCUT2D eigenvalue weighted by atomic mass is 9.77. The number of rotatable bonds is 13. The van der Waals surface area contributed by atoms with E-state index < -0.39 is 5.97 Å². The van der Waals surface area contributed by atoms with Crippen LogP contribution in [0.2, 0.25) is 0 Å². The van der Waals surface area contributed by atoms with Gasteiger partial charge < -0.3 is 15.2 Å². The van der Waals surface area contributed by atoms with Crippen LogP contribution in [0.5, 0.6) is 0 Å². The highest BCUT2D eigenvalue weighted by Crippen LogP contribution is 2.44. The van der Waals surface area contributed by atoms with Gasteiger partial charge in [0.05, 0.1) is 12.2 Å². The molecular formula is C22H33NO5. The first-order chi connectivity index (χ1) is 13.5. The van der Waals surface area contributed by atoms with E-state index in [0.717, 1.165) is 25.7 Å². The largest absolute Gasteiger partial charge is 0.481 e. The second-order valence-corrected chi connectivity index (χ2v) is 7.73. The molecule has 2 rings (SSSR count). The molecule has 0 aromatic carbocycles. The molecule has 0 saturated carbocycles. The molecular weight excluding hydrogens is 358 g/mol. The van der Waals surface area contributed by atoms with E-state index in [0.29, 0.717) is 31.2 Å². The lowest BCUT2D eigenvalue weighted by Gasteiger charge is -2.27. The van der Waals surface area contributed by atoms with Crippen LogP contribution in [-0.2, 0) is 19.1 Å². The van der Waals surface area contributed by atoms with Crippen LogP contribution in [0, 0.1) is 11.8 Å². The van der Waals surface area contributed by atoms with Gasteiger partial charge in [0.15, 0.2) is 0 Å². The monoisotopic (exact) mass is 391 g/mol. The standard InChI is InChI=1S/C22H33NO5/c1-2-3-8-16(24)11-14-21(25)23-15-18-17(19-12-13-20(18)28-19)9-6-4-5-7-10-22(26)27/h2-4,6,17-20H,5,7-15H2,1H3,(H,23,25)(H,26,27)/t17-,18+,19-,20+/m1/s1. The number of unbranched alkanes of at least 4 members (excludes halogenated alkanes) is 1. The van der Waals surface area contributed by atoms with E-state index >= 15 is 0 Å². The van der Waals surface area contributed by atoms with Gasteiger partial charge in [-0.25, -0.2) is 0 Å². The lowest BCUT2D eigenvalue weighted by molar-refractivity contribution is -0.137. The Labute approximate surface area is 167 Å². The fourth-order valence-corrected chi connectivity index (χ4v) is 4.15. The Kier molecular flexibility index (Phi) is 9.41. The van der Waals surface area contributed by atoms with Crippen molar-refractivity contribution in [2.45, 2.75) is 76.9 Å². The predicted octanol–water partition coefficient (Wildman–Crippen LogP) is 3.41. The number of hydrogen-bond acceptors (Lipinski definition) is 4. The topological polar surface area (TPSA) is 92.7 Å². The van der Waals surface area contributed by atoms with Crippen LogP contribution in [0.1, 0.15) is 64.7 Å². The van der Waals surface area contributed by atoms with Crippen molar-refractivity contribution in [2.75, 3.05) is 6.54 Å². The summed E-state index contributed by atoms with van der Waals surface area (Å²) in [4.78, 5) is 34.3. The zero-order valence-corrected chi connectivity index (χ0v) is 16.8. The molecule has 1 amide bonds. The average Bonchev–Trinajstić information content (AvgIpc) is 3.27. The van der Waals surface area contributed by atoms with Crippen LogP contribution in [0.3, 0.4) is 0 Å². The summed E-state index contributed by atoms with van der Waals surface area (Å²) in [6, 6.07) is 0. The Morgan fingerprint density at radius 1 is 1.04 bits per heavy atom. The highest BCUT2D eigenvalue weighted by molar-refractivity contribution is 5.85. The molecule has 6 nitrogen and oxygen atoms in total. The number of carboxylic acids is 1. The van der Waals surface area contributed by atoms with Gasteiger partial charge >= 0.3 is 5.97 Å². The first-order valence-corrected chi connectivity index (χ1v) is 10.4. The maximum absolute atomic E-state index is 12.1. The number of allylic oxidation sites excluding steroid dienone is 4. The first-order valence-electron chi connectivity index (χ1n) is 10.4. The van der Waals surface area contributed by atoms with Crippen molar-refractivity contribution in [3.05, 3.63) is 24.3 Å². The molecule has 2 bridgehead atoms. The molecule has 6 heteroatoms. The van der Waals surface area contributed by atoms with Crippen molar-refractivity contribution in [3.63, 3.8) is 0 Å². The Bertz CT molecular complexity index is 598. The number of hydrogen-bond donors (Lipinski definition) is 2. The van der Waals surface area contributed by atoms with Crippen LogP contribution < -0.4 is 5.32 Å². The summed E-state index contributed by atoms with van der Waals surface area (Å²) in [5.41, 5.74) is 0. The zero-order valence-electron chi connectivity index (χ0n) is 16.8. The highest BCUT2D eigenvalue weighted by Gasteiger charge is 2.47. The Balaban J connectivity index is 1.71. The number of ketones is 1. The minimum Gasteiger partial charge on any atom is -0.481 e. The Morgan fingerprint density at radius 2 is 1.79 bits per heavy atom. The molecule has 2 heterocycles. The summed E-state index contributed by atoms with van der Waals surface area (Å²) in [7, 11) is 0. The fourth-order valence-electron chi connectivity index (χ4n) is 4.15. The smallest absolute Gasteiger partial charge is 0.303 e. The summed E-state index contributed by atoms with van der Waals surface area (Å²) in [5, 5.41) is 11.7. The van der Waals surface area contributed by atoms with Crippen LogP contribution >= 0.6 is 0 Å². The van der Waals surface area contributed by atoms with Crippen molar-refractivity contribution < 1.29 is 24.2 Å². The SMILES string of the molecule is CC=CCC(=O)CCC(=O)NC[C@H]1[C@@H](CC=CCCCC(=O)O)[C@H]2CC[C@@H]1O2. The van der Waals surface area contributed by atoms with Gasteiger partial charge in [-0.15, -0.1) is 0 Å². The third kappa shape index (κ3) is 7.23. The van der Waals surface area contributed by atoms with E-state index in [1.165, 1.54) is 0 Å². The van der Waals surface area contributed by atoms with Gasteiger partial charge in [-0.2, -0.15) is 0 Å². The Morgan fingerprint density at radius 3 is 2.50 bits per heavy atom. The summed E-state index contributed by atoms with van der Waals surface area (Å²) in [6.07, 6.45) is 13.9. The number of carbonyl (C=O) groups excluding carboxylic acids is 2. The number of carbonyl (C=O) groups is 3. The molecule has 0 unspecified atom stereocenters. The van der Waals surface area contributed by atoms with E-state index in [1.54, 1.807) is 0 Å². The molecule has 2 saturated heterocycles. The number of ether oxygens (including phenoxy) is 1. The third-order valence-corrected chi connectivity index (χ3v) is 5.67. The molecule has 156 valence electrons. The highest BCUT2D eigenvalue weighted by atomic mass is 16.5. The van der Waals surface area contributed by atoms with Crippen LogP contribution in [0.4, 0.5) is 0 Å². The van der Waals surface area contributed by atoms with Crippen LogP contribution in [0.15, 0.2) is 24.3 Å². The van der Waals surface area contributed by atoms with E-state index in [4.69, 9.17) is 9.84 Å². The van der Waals surface area contributed by atoms with Gasteiger partial charge in [0.2, 0.25) is 5.91 Å². The molecule has 4 atom stereocenters. The van der Waals surface area contributed by atoms with Gasteiger partial charge in [0.1, 0.15) is 5.78 Å². The van der Waals surface area contributed by atoms with Gasteiger partial charge in [0, 0.05) is 38.1 Å². The van der Waals surface area contributed by atoms with Crippen LogP contribution in [-0.4, -0.2) is 41.5 Å². The molecule has 0 spiro atoms. The third-order valence-electron chi connectivity index (χ3n) is 5.67. The maximum atomic E-state index is 12.1. The number of fused-ring (bicyclic) bond motifs is 2. The molecule has 2 fully saturated rings. The molecule has 28 heavy (non-hydrogen) atoms. The summed E-state index contributed by atoms with van der Waals surface area (Å²) < 4.78 is 6.06. The predicted molar refractivity (Wildman–Crippen MR) is 107 cm³/mol. The lowest BCUT2D eigenvalue weighted by Crippen LogP contribution is -2.38. The Hall–Kier alpha value is -1.95. The molecule has 2 N–H and O–H groups in total. The summed E-state index contributed by atoms with van der Waals surface area (Å²) >= 11 is 0. The van der Waals surface area contributed by atoms with Crippen molar-refractivity contribution >= 4 is 17.7 Å². The number of amides is 1. The number of nitrogens with one attached hydrogen (secondary N) is 1.